The van der Waals surface area contributed by atoms with Crippen LogP contribution in [0.25, 0.3) is 6.08 Å². The Morgan fingerprint density at radius 2 is 1.69 bits per heavy atom. The van der Waals surface area contributed by atoms with E-state index in [2.05, 4.69) is 0 Å². The molecular weight excluding hydrogens is 170 g/mol. The number of phenols is 3. The molecule has 0 aliphatic carbocycles. The molecular formula is C9H7NO3. The van der Waals surface area contributed by atoms with Crippen molar-refractivity contribution in [3.63, 3.8) is 0 Å². The summed E-state index contributed by atoms with van der Waals surface area (Å²) in [6, 6.07) is 4.24. The summed E-state index contributed by atoms with van der Waals surface area (Å²) in [7, 11) is 0. The van der Waals surface area contributed by atoms with Gasteiger partial charge in [0, 0.05) is 6.08 Å². The Hall–Kier alpha value is -2.15. The molecule has 0 aliphatic rings. The number of allylic oxidation sites excluding steroid dienone is 1. The van der Waals surface area contributed by atoms with Crippen LogP contribution in [0.1, 0.15) is 5.56 Å². The average Bonchev–Trinajstić information content (AvgIpc) is 2.10. The zero-order chi connectivity index (χ0) is 9.84. The number of hydrogen-bond donors (Lipinski definition) is 3. The molecule has 0 radical (unpaired) electrons. The molecule has 3 N–H and O–H groups in total. The van der Waals surface area contributed by atoms with Crippen LogP contribution >= 0.6 is 0 Å². The molecule has 0 spiro atoms. The number of nitriles is 1. The Balaban J connectivity index is 3.15. The van der Waals surface area contributed by atoms with Crippen LogP contribution in [-0.2, 0) is 0 Å². The maximum atomic E-state index is 9.05. The Bertz CT molecular complexity index is 367. The summed E-state index contributed by atoms with van der Waals surface area (Å²) in [5.41, 5.74) is 0.439. The van der Waals surface area contributed by atoms with E-state index < -0.39 is 17.2 Å². The molecule has 4 heteroatoms. The van der Waals surface area contributed by atoms with Crippen LogP contribution in [0.3, 0.4) is 0 Å². The third-order valence-corrected chi connectivity index (χ3v) is 1.44. The highest BCUT2D eigenvalue weighted by molar-refractivity contribution is 5.61. The van der Waals surface area contributed by atoms with Crippen LogP contribution in [0.2, 0.25) is 0 Å². The molecule has 1 rings (SSSR count). The molecule has 0 saturated carbocycles. The highest BCUT2D eigenvalue weighted by atomic mass is 16.3. The van der Waals surface area contributed by atoms with Crippen molar-refractivity contribution in [2.24, 2.45) is 0 Å². The van der Waals surface area contributed by atoms with Crippen LogP contribution in [0.4, 0.5) is 0 Å². The van der Waals surface area contributed by atoms with Gasteiger partial charge in [0.1, 0.15) is 0 Å². The lowest BCUT2D eigenvalue weighted by Gasteiger charge is -2.01. The first kappa shape index (κ1) is 8.94. The van der Waals surface area contributed by atoms with Crippen LogP contribution in [0.15, 0.2) is 18.2 Å². The van der Waals surface area contributed by atoms with Gasteiger partial charge in [-0.15, -0.1) is 0 Å². The summed E-state index contributed by atoms with van der Waals surface area (Å²) in [5.74, 6) is -1.40. The van der Waals surface area contributed by atoms with Gasteiger partial charge >= 0.3 is 0 Å². The lowest BCUT2D eigenvalue weighted by molar-refractivity contribution is 0.368. The normalized spacial score (nSPS) is 10.1. The predicted molar refractivity (Wildman–Crippen MR) is 46.1 cm³/mol. The first-order chi connectivity index (χ1) is 6.15. The minimum atomic E-state index is -0.561. The third-order valence-electron chi connectivity index (χ3n) is 1.44. The molecule has 0 fully saturated rings. The van der Waals surface area contributed by atoms with Crippen molar-refractivity contribution in [1.29, 1.82) is 5.26 Å². The van der Waals surface area contributed by atoms with Crippen LogP contribution in [0.5, 0.6) is 17.2 Å². The van der Waals surface area contributed by atoms with Gasteiger partial charge < -0.3 is 15.3 Å². The van der Waals surface area contributed by atoms with Crippen molar-refractivity contribution < 1.29 is 15.3 Å². The Labute approximate surface area is 74.6 Å². The highest BCUT2D eigenvalue weighted by Gasteiger charge is 2.05. The molecule has 0 aliphatic heterocycles. The first-order valence-corrected chi connectivity index (χ1v) is 3.46. The lowest BCUT2D eigenvalue weighted by atomic mass is 10.1. The van der Waals surface area contributed by atoms with E-state index in [-0.39, 0.29) is 0 Å². The van der Waals surface area contributed by atoms with E-state index in [0.29, 0.717) is 5.56 Å². The van der Waals surface area contributed by atoms with Crippen LogP contribution in [0, 0.1) is 11.3 Å². The van der Waals surface area contributed by atoms with Gasteiger partial charge in [0.05, 0.1) is 6.07 Å². The average molecular weight is 177 g/mol. The maximum absolute atomic E-state index is 9.05. The van der Waals surface area contributed by atoms with E-state index in [1.807, 2.05) is 0 Å². The van der Waals surface area contributed by atoms with Gasteiger partial charge in [-0.1, -0.05) is 0 Å². The number of phenolic OH excluding ortho intramolecular Hbond substituents is 3. The maximum Gasteiger partial charge on any atom is 0.200 e. The van der Waals surface area contributed by atoms with E-state index in [0.717, 1.165) is 0 Å². The smallest absolute Gasteiger partial charge is 0.200 e. The van der Waals surface area contributed by atoms with E-state index in [9.17, 15) is 0 Å². The van der Waals surface area contributed by atoms with E-state index >= 15 is 0 Å². The monoisotopic (exact) mass is 177 g/mol. The van der Waals surface area contributed by atoms with Crippen molar-refractivity contribution in [1.82, 2.24) is 0 Å². The van der Waals surface area contributed by atoms with Crippen molar-refractivity contribution >= 4 is 6.08 Å². The summed E-state index contributed by atoms with van der Waals surface area (Å²) in [4.78, 5) is 0. The molecule has 0 aromatic heterocycles. The van der Waals surface area contributed by atoms with Gasteiger partial charge in [-0.25, -0.2) is 0 Å². The Kier molecular flexibility index (Phi) is 2.41. The van der Waals surface area contributed by atoms with Gasteiger partial charge in [-0.3, -0.25) is 0 Å². The van der Waals surface area contributed by atoms with Gasteiger partial charge in [-0.05, 0) is 23.8 Å². The molecule has 1 aromatic rings. The molecule has 4 nitrogen and oxygen atoms in total. The largest absolute Gasteiger partial charge is 0.504 e. The van der Waals surface area contributed by atoms with Crippen molar-refractivity contribution in [3.05, 3.63) is 23.8 Å². The van der Waals surface area contributed by atoms with Crippen molar-refractivity contribution in [3.8, 4) is 23.3 Å². The molecule has 0 bridgehead atoms. The second-order valence-corrected chi connectivity index (χ2v) is 2.37. The third kappa shape index (κ3) is 1.91. The summed E-state index contributed by atoms with van der Waals surface area (Å²) in [5, 5.41) is 35.3. The zero-order valence-electron chi connectivity index (χ0n) is 6.60. The van der Waals surface area contributed by atoms with Crippen LogP contribution < -0.4 is 0 Å². The number of hydrogen-bond acceptors (Lipinski definition) is 4. The Morgan fingerprint density at radius 3 is 2.15 bits per heavy atom. The second-order valence-electron chi connectivity index (χ2n) is 2.37. The minimum absolute atomic E-state index is 0.419. The summed E-state index contributed by atoms with van der Waals surface area (Å²) in [6.45, 7) is 0. The summed E-state index contributed by atoms with van der Waals surface area (Å²) in [6.07, 6.45) is 2.60. The molecule has 13 heavy (non-hydrogen) atoms. The van der Waals surface area contributed by atoms with Crippen molar-refractivity contribution in [2.45, 2.75) is 0 Å². The molecule has 1 aromatic carbocycles. The molecule has 0 amide bonds. The first-order valence-electron chi connectivity index (χ1n) is 3.46. The number of nitrogens with zero attached hydrogens (tertiary/aromatic N) is 1. The van der Waals surface area contributed by atoms with E-state index in [1.54, 1.807) is 6.07 Å². The van der Waals surface area contributed by atoms with Crippen LogP contribution in [-0.4, -0.2) is 15.3 Å². The molecule has 0 saturated heterocycles. The lowest BCUT2D eigenvalue weighted by Crippen LogP contribution is -1.75. The van der Waals surface area contributed by atoms with Gasteiger partial charge in [0.25, 0.3) is 0 Å². The fourth-order valence-corrected chi connectivity index (χ4v) is 0.855. The fourth-order valence-electron chi connectivity index (χ4n) is 0.855. The number of rotatable bonds is 1. The molecule has 66 valence electrons. The number of aromatic hydroxyl groups is 3. The fraction of sp³-hybridized carbons (Fsp3) is 0. The van der Waals surface area contributed by atoms with E-state index in [1.165, 1.54) is 24.3 Å². The van der Waals surface area contributed by atoms with Gasteiger partial charge in [-0.2, -0.15) is 5.26 Å². The van der Waals surface area contributed by atoms with Crippen molar-refractivity contribution in [2.75, 3.05) is 0 Å². The minimum Gasteiger partial charge on any atom is -0.504 e. The standard InChI is InChI=1S/C9H7NO3/c10-3-1-2-6-4-7(11)9(13)8(12)5-6/h1-2,4-5,11-13H/b2-1+. The Morgan fingerprint density at radius 1 is 1.15 bits per heavy atom. The van der Waals surface area contributed by atoms with Gasteiger partial charge in [0.2, 0.25) is 0 Å². The SMILES string of the molecule is N#C/C=C/c1cc(O)c(O)c(O)c1. The molecule has 0 heterocycles. The summed E-state index contributed by atoms with van der Waals surface area (Å²) >= 11 is 0. The number of benzene rings is 1. The topological polar surface area (TPSA) is 84.5 Å². The highest BCUT2D eigenvalue weighted by Crippen LogP contribution is 2.35. The predicted octanol–water partition coefficient (Wildman–Crippen LogP) is 1.34. The quantitative estimate of drug-likeness (QED) is 0.446. The summed E-state index contributed by atoms with van der Waals surface area (Å²) < 4.78 is 0. The zero-order valence-corrected chi connectivity index (χ0v) is 6.60. The second kappa shape index (κ2) is 3.50. The van der Waals surface area contributed by atoms with Gasteiger partial charge in [0.15, 0.2) is 17.2 Å². The van der Waals surface area contributed by atoms with E-state index in [4.69, 9.17) is 20.6 Å². The molecule has 0 atom stereocenters. The molecule has 0 unspecified atom stereocenters.